The van der Waals surface area contributed by atoms with Gasteiger partial charge in [-0.3, -0.25) is 14.5 Å². The number of carbonyl (C=O) groups excluding carboxylic acids is 3. The van der Waals surface area contributed by atoms with Gasteiger partial charge in [0.15, 0.2) is 0 Å². The molecular formula is C30H34N4O5. The lowest BCUT2D eigenvalue weighted by atomic mass is 9.88. The molecule has 0 spiro atoms. The van der Waals surface area contributed by atoms with Crippen LogP contribution in [-0.2, 0) is 31.9 Å². The molecular weight excluding hydrogens is 496 g/mol. The molecule has 0 saturated carbocycles. The first-order valence-corrected chi connectivity index (χ1v) is 13.3. The third-order valence-electron chi connectivity index (χ3n) is 7.72. The number of nitriles is 1. The Kier molecular flexibility index (Phi) is 6.85. The summed E-state index contributed by atoms with van der Waals surface area (Å²) in [5.74, 6) is -0.260. The van der Waals surface area contributed by atoms with Crippen molar-refractivity contribution in [1.29, 1.82) is 5.26 Å². The SMILES string of the molecule is CN1C(=O)Cc2ccc(-c3ccc(CC(C#N)NC(=O)C45CCOC(CN4C(=O)OC(C)(C)C)C5)cc3)cc21. The topological polar surface area (TPSA) is 112 Å². The molecule has 3 aliphatic rings. The quantitative estimate of drug-likeness (QED) is 0.632. The molecule has 3 unspecified atom stereocenters. The molecule has 3 amide bonds. The zero-order chi connectivity index (χ0) is 27.9. The molecule has 0 aromatic heterocycles. The number of benzene rings is 2. The molecule has 1 N–H and O–H groups in total. The van der Waals surface area contributed by atoms with Crippen LogP contribution in [0, 0.1) is 11.3 Å². The summed E-state index contributed by atoms with van der Waals surface area (Å²) in [6, 6.07) is 15.3. The first-order chi connectivity index (χ1) is 18.5. The Hall–Kier alpha value is -3.90. The van der Waals surface area contributed by atoms with Crippen molar-refractivity contribution in [3.63, 3.8) is 0 Å². The maximum absolute atomic E-state index is 13.6. The highest BCUT2D eigenvalue weighted by molar-refractivity contribution is 6.01. The minimum Gasteiger partial charge on any atom is -0.444 e. The van der Waals surface area contributed by atoms with E-state index < -0.39 is 23.3 Å². The molecule has 2 bridgehead atoms. The van der Waals surface area contributed by atoms with Crippen LogP contribution in [0.3, 0.4) is 0 Å². The van der Waals surface area contributed by atoms with Gasteiger partial charge in [-0.05, 0) is 49.1 Å². The molecule has 9 heteroatoms. The highest BCUT2D eigenvalue weighted by Crippen LogP contribution is 2.39. The van der Waals surface area contributed by atoms with Gasteiger partial charge in [0.25, 0.3) is 0 Å². The zero-order valence-corrected chi connectivity index (χ0v) is 22.8. The van der Waals surface area contributed by atoms with Gasteiger partial charge in [0.1, 0.15) is 17.2 Å². The van der Waals surface area contributed by atoms with Crippen LogP contribution in [-0.4, -0.2) is 66.3 Å². The van der Waals surface area contributed by atoms with E-state index in [1.165, 1.54) is 4.90 Å². The molecule has 3 heterocycles. The third kappa shape index (κ3) is 5.21. The molecule has 0 radical (unpaired) electrons. The lowest BCUT2D eigenvalue weighted by Gasteiger charge is -2.38. The summed E-state index contributed by atoms with van der Waals surface area (Å²) in [6.45, 7) is 6.02. The van der Waals surface area contributed by atoms with Gasteiger partial charge in [-0.1, -0.05) is 36.4 Å². The number of anilines is 1. The van der Waals surface area contributed by atoms with Crippen LogP contribution in [0.5, 0.6) is 0 Å². The van der Waals surface area contributed by atoms with Crippen molar-refractivity contribution in [3.05, 3.63) is 53.6 Å². The molecule has 5 rings (SSSR count). The van der Waals surface area contributed by atoms with Gasteiger partial charge in [0.2, 0.25) is 11.8 Å². The fourth-order valence-electron chi connectivity index (χ4n) is 5.68. The van der Waals surface area contributed by atoms with Gasteiger partial charge in [-0.25, -0.2) is 4.79 Å². The van der Waals surface area contributed by atoms with Gasteiger partial charge in [-0.15, -0.1) is 0 Å². The molecule has 2 aromatic carbocycles. The number of likely N-dealkylation sites (tertiary alicyclic amines) is 1. The summed E-state index contributed by atoms with van der Waals surface area (Å²) in [6.07, 6.45) is 0.706. The van der Waals surface area contributed by atoms with Crippen molar-refractivity contribution >= 4 is 23.6 Å². The first-order valence-electron chi connectivity index (χ1n) is 13.3. The van der Waals surface area contributed by atoms with E-state index in [9.17, 15) is 19.6 Å². The van der Waals surface area contributed by atoms with E-state index in [-0.39, 0.29) is 24.5 Å². The average molecular weight is 531 g/mol. The number of likely N-dealkylation sites (N-methyl/N-ethyl adjacent to an activating group) is 1. The van der Waals surface area contributed by atoms with E-state index in [0.717, 1.165) is 27.9 Å². The maximum Gasteiger partial charge on any atom is 0.411 e. The Morgan fingerprint density at radius 2 is 1.92 bits per heavy atom. The Labute approximate surface area is 228 Å². The van der Waals surface area contributed by atoms with E-state index in [0.29, 0.717) is 32.3 Å². The van der Waals surface area contributed by atoms with Gasteiger partial charge in [0.05, 0.1) is 25.1 Å². The van der Waals surface area contributed by atoms with E-state index in [2.05, 4.69) is 11.4 Å². The van der Waals surface area contributed by atoms with Crippen molar-refractivity contribution in [2.75, 3.05) is 25.1 Å². The van der Waals surface area contributed by atoms with Gasteiger partial charge >= 0.3 is 6.09 Å². The first kappa shape index (κ1) is 26.7. The van der Waals surface area contributed by atoms with Gasteiger partial charge in [-0.2, -0.15) is 5.26 Å². The zero-order valence-electron chi connectivity index (χ0n) is 22.8. The van der Waals surface area contributed by atoms with Gasteiger partial charge in [0, 0.05) is 38.6 Å². The highest BCUT2D eigenvalue weighted by atomic mass is 16.6. The number of rotatable bonds is 5. The molecule has 2 aromatic rings. The van der Waals surface area contributed by atoms with Crippen LogP contribution in [0.15, 0.2) is 42.5 Å². The number of ether oxygens (including phenoxy) is 2. The molecule has 3 aliphatic heterocycles. The van der Waals surface area contributed by atoms with Crippen LogP contribution in [0.4, 0.5) is 10.5 Å². The number of hydrogen-bond acceptors (Lipinski definition) is 6. The standard InChI is InChI=1S/C30H34N4O5/c1-29(2,3)39-28(37)34-18-24-16-30(34,11-12-38-24)27(36)32-23(17-31)13-19-5-7-20(8-6-19)21-9-10-22-15-26(35)33(4)25(22)14-21/h5-10,14,23-24H,11-13,15-16,18H2,1-4H3,(H,32,36). The summed E-state index contributed by atoms with van der Waals surface area (Å²) >= 11 is 0. The number of nitrogens with zero attached hydrogens (tertiary/aromatic N) is 3. The number of fused-ring (bicyclic) bond motifs is 3. The second-order valence-electron chi connectivity index (χ2n) is 11.6. The normalized spacial score (nSPS) is 22.7. The van der Waals surface area contributed by atoms with Crippen molar-refractivity contribution < 1.29 is 23.9 Å². The Balaban J connectivity index is 1.28. The fourth-order valence-corrected chi connectivity index (χ4v) is 5.68. The highest BCUT2D eigenvalue weighted by Gasteiger charge is 2.57. The number of nitrogens with one attached hydrogen (secondary N) is 1. The summed E-state index contributed by atoms with van der Waals surface area (Å²) in [5, 5.41) is 12.8. The lowest BCUT2D eigenvalue weighted by molar-refractivity contribution is -0.135. The summed E-state index contributed by atoms with van der Waals surface area (Å²) in [4.78, 5) is 41.8. The monoisotopic (exact) mass is 530 g/mol. The number of carbonyl (C=O) groups is 3. The molecule has 2 fully saturated rings. The van der Waals surface area contributed by atoms with E-state index in [1.807, 2.05) is 42.5 Å². The van der Waals surface area contributed by atoms with Crippen molar-refractivity contribution in [2.45, 2.75) is 69.7 Å². The van der Waals surface area contributed by atoms with Crippen LogP contribution in [0.1, 0.15) is 44.7 Å². The molecule has 2 saturated heterocycles. The van der Waals surface area contributed by atoms with E-state index >= 15 is 0 Å². The van der Waals surface area contributed by atoms with Gasteiger partial charge < -0.3 is 19.7 Å². The number of hydrogen-bond donors (Lipinski definition) is 1. The Bertz CT molecular complexity index is 1340. The van der Waals surface area contributed by atoms with Crippen molar-refractivity contribution in [3.8, 4) is 17.2 Å². The van der Waals surface area contributed by atoms with Crippen molar-refractivity contribution in [1.82, 2.24) is 10.2 Å². The second kappa shape index (κ2) is 10.0. The maximum atomic E-state index is 13.6. The number of amides is 3. The molecule has 0 aliphatic carbocycles. The fraction of sp³-hybridized carbons (Fsp3) is 0.467. The van der Waals surface area contributed by atoms with Crippen molar-refractivity contribution in [2.24, 2.45) is 0 Å². The van der Waals surface area contributed by atoms with Crippen LogP contribution < -0.4 is 10.2 Å². The minimum atomic E-state index is -1.09. The molecule has 3 atom stereocenters. The summed E-state index contributed by atoms with van der Waals surface area (Å²) in [5.41, 5.74) is 3.07. The second-order valence-corrected chi connectivity index (χ2v) is 11.6. The predicted molar refractivity (Wildman–Crippen MR) is 145 cm³/mol. The van der Waals surface area contributed by atoms with Crippen LogP contribution in [0.25, 0.3) is 11.1 Å². The van der Waals surface area contributed by atoms with Crippen LogP contribution in [0.2, 0.25) is 0 Å². The molecule has 9 nitrogen and oxygen atoms in total. The lowest BCUT2D eigenvalue weighted by Crippen LogP contribution is -2.60. The minimum absolute atomic E-state index is 0.0877. The summed E-state index contributed by atoms with van der Waals surface area (Å²) < 4.78 is 11.3. The Morgan fingerprint density at radius 3 is 2.62 bits per heavy atom. The smallest absolute Gasteiger partial charge is 0.411 e. The third-order valence-corrected chi connectivity index (χ3v) is 7.72. The van der Waals surface area contributed by atoms with E-state index in [1.54, 1.807) is 32.7 Å². The summed E-state index contributed by atoms with van der Waals surface area (Å²) in [7, 11) is 1.79. The molecule has 204 valence electrons. The van der Waals surface area contributed by atoms with E-state index in [4.69, 9.17) is 9.47 Å². The largest absolute Gasteiger partial charge is 0.444 e. The van der Waals surface area contributed by atoms with Crippen LogP contribution >= 0.6 is 0 Å². The predicted octanol–water partition coefficient (Wildman–Crippen LogP) is 3.59. The average Bonchev–Trinajstić information content (AvgIpc) is 3.34. The Morgan fingerprint density at radius 1 is 1.21 bits per heavy atom. The molecule has 39 heavy (non-hydrogen) atoms.